The monoisotopic (exact) mass is 452 g/mol. The summed E-state index contributed by atoms with van der Waals surface area (Å²) in [5, 5.41) is 3.07. The first-order valence-corrected chi connectivity index (χ1v) is 11.5. The third kappa shape index (κ3) is 4.88. The van der Waals surface area contributed by atoms with Gasteiger partial charge in [0, 0.05) is 18.8 Å². The van der Waals surface area contributed by atoms with E-state index in [0.29, 0.717) is 29.5 Å². The lowest BCUT2D eigenvalue weighted by Gasteiger charge is -2.20. The second kappa shape index (κ2) is 9.68. The molecular formula is C21H25ClN2O5S. The third-order valence-corrected chi connectivity index (χ3v) is 7.22. The van der Waals surface area contributed by atoms with Gasteiger partial charge in [0.1, 0.15) is 11.5 Å². The van der Waals surface area contributed by atoms with Gasteiger partial charge in [0.05, 0.1) is 29.7 Å². The molecule has 1 aliphatic heterocycles. The Morgan fingerprint density at radius 3 is 2.20 bits per heavy atom. The lowest BCUT2D eigenvalue weighted by Crippen LogP contribution is -2.32. The fourth-order valence-electron chi connectivity index (χ4n) is 3.40. The van der Waals surface area contributed by atoms with Crippen LogP contribution in [-0.4, -0.2) is 45.9 Å². The quantitative estimate of drug-likeness (QED) is 0.710. The fraction of sp³-hybridized carbons (Fsp3) is 0.381. The van der Waals surface area contributed by atoms with E-state index in [1.54, 1.807) is 18.2 Å². The second-order valence-electron chi connectivity index (χ2n) is 6.98. The van der Waals surface area contributed by atoms with Gasteiger partial charge in [-0.2, -0.15) is 4.31 Å². The predicted octanol–water partition coefficient (Wildman–Crippen LogP) is 4.17. The van der Waals surface area contributed by atoms with Crippen LogP contribution in [0, 0.1) is 0 Å². The highest BCUT2D eigenvalue weighted by atomic mass is 35.5. The minimum Gasteiger partial charge on any atom is -0.496 e. The number of carbonyl (C=O) groups is 1. The van der Waals surface area contributed by atoms with Gasteiger partial charge in [-0.1, -0.05) is 24.4 Å². The van der Waals surface area contributed by atoms with Crippen LogP contribution >= 0.6 is 11.6 Å². The first-order chi connectivity index (χ1) is 14.4. The molecule has 0 saturated carbocycles. The van der Waals surface area contributed by atoms with Crippen molar-refractivity contribution in [1.82, 2.24) is 4.31 Å². The number of hydrogen-bond donors (Lipinski definition) is 1. The Kier molecular flexibility index (Phi) is 7.23. The fourth-order valence-corrected chi connectivity index (χ4v) is 5.20. The van der Waals surface area contributed by atoms with E-state index in [9.17, 15) is 13.2 Å². The van der Waals surface area contributed by atoms with Crippen LogP contribution in [0.25, 0.3) is 0 Å². The topological polar surface area (TPSA) is 84.9 Å². The van der Waals surface area contributed by atoms with E-state index in [2.05, 4.69) is 5.32 Å². The Hall–Kier alpha value is -2.29. The van der Waals surface area contributed by atoms with Crippen LogP contribution in [0.15, 0.2) is 41.3 Å². The van der Waals surface area contributed by atoms with Gasteiger partial charge in [-0.05, 0) is 49.2 Å². The van der Waals surface area contributed by atoms with Gasteiger partial charge in [0.25, 0.3) is 5.91 Å². The summed E-state index contributed by atoms with van der Waals surface area (Å²) in [5.74, 6) is 0.265. The zero-order valence-corrected chi connectivity index (χ0v) is 18.6. The number of benzene rings is 2. The Morgan fingerprint density at radius 1 is 0.967 bits per heavy atom. The van der Waals surface area contributed by atoms with Gasteiger partial charge in [-0.15, -0.1) is 0 Å². The molecule has 1 amide bonds. The Morgan fingerprint density at radius 2 is 1.60 bits per heavy atom. The van der Waals surface area contributed by atoms with E-state index in [0.717, 1.165) is 25.7 Å². The molecule has 0 unspecified atom stereocenters. The van der Waals surface area contributed by atoms with E-state index in [4.69, 9.17) is 21.1 Å². The number of nitrogens with zero attached hydrogens (tertiary/aromatic N) is 1. The molecule has 2 aromatic carbocycles. The Bertz CT molecular complexity index is 1020. The van der Waals surface area contributed by atoms with Gasteiger partial charge < -0.3 is 14.8 Å². The number of halogens is 1. The van der Waals surface area contributed by atoms with Crippen molar-refractivity contribution < 1.29 is 22.7 Å². The number of nitrogens with one attached hydrogen (secondary N) is 1. The van der Waals surface area contributed by atoms with Crippen LogP contribution in [0.5, 0.6) is 11.5 Å². The summed E-state index contributed by atoms with van der Waals surface area (Å²) in [6.07, 6.45) is 3.71. The average Bonchev–Trinajstić information content (AvgIpc) is 3.03. The molecule has 0 atom stereocenters. The van der Waals surface area contributed by atoms with E-state index in [1.807, 2.05) is 0 Å². The van der Waals surface area contributed by atoms with E-state index in [1.165, 1.54) is 36.7 Å². The highest BCUT2D eigenvalue weighted by Crippen LogP contribution is 2.29. The molecule has 0 bridgehead atoms. The molecule has 1 aliphatic rings. The molecular weight excluding hydrogens is 428 g/mol. The van der Waals surface area contributed by atoms with Crippen LogP contribution in [0.4, 0.5) is 5.69 Å². The van der Waals surface area contributed by atoms with Crippen LogP contribution < -0.4 is 14.8 Å². The molecule has 0 aromatic heterocycles. The summed E-state index contributed by atoms with van der Waals surface area (Å²) < 4.78 is 38.1. The minimum absolute atomic E-state index is 0.0723. The average molecular weight is 453 g/mol. The zero-order chi connectivity index (χ0) is 21.7. The first-order valence-electron chi connectivity index (χ1n) is 9.70. The van der Waals surface area contributed by atoms with Crippen molar-refractivity contribution in [2.24, 2.45) is 0 Å². The van der Waals surface area contributed by atoms with Gasteiger partial charge in [-0.3, -0.25) is 4.79 Å². The van der Waals surface area contributed by atoms with Gasteiger partial charge in [0.2, 0.25) is 10.0 Å². The molecule has 9 heteroatoms. The summed E-state index contributed by atoms with van der Waals surface area (Å²) in [4.78, 5) is 13.0. The molecule has 7 nitrogen and oxygen atoms in total. The van der Waals surface area contributed by atoms with E-state index in [-0.39, 0.29) is 16.2 Å². The number of carbonyl (C=O) groups excluding carboxylic acids is 1. The van der Waals surface area contributed by atoms with Crippen molar-refractivity contribution in [3.05, 3.63) is 47.0 Å². The minimum atomic E-state index is -3.69. The van der Waals surface area contributed by atoms with Crippen LogP contribution in [0.1, 0.15) is 36.0 Å². The van der Waals surface area contributed by atoms with Crippen molar-refractivity contribution in [3.8, 4) is 11.5 Å². The molecule has 0 radical (unpaired) electrons. The maximum absolute atomic E-state index is 13.1. The molecule has 1 fully saturated rings. The highest BCUT2D eigenvalue weighted by Gasteiger charge is 2.27. The summed E-state index contributed by atoms with van der Waals surface area (Å²) in [6.45, 7) is 0.973. The number of hydrogen-bond acceptors (Lipinski definition) is 5. The molecule has 2 aromatic rings. The molecule has 1 heterocycles. The summed E-state index contributed by atoms with van der Waals surface area (Å²) in [6, 6.07) is 9.17. The van der Waals surface area contributed by atoms with Gasteiger partial charge >= 0.3 is 0 Å². The maximum Gasteiger partial charge on any atom is 0.259 e. The molecule has 1 saturated heterocycles. The molecule has 0 aliphatic carbocycles. The van der Waals surface area contributed by atoms with Crippen molar-refractivity contribution in [3.63, 3.8) is 0 Å². The molecule has 30 heavy (non-hydrogen) atoms. The van der Waals surface area contributed by atoms with Crippen LogP contribution in [0.3, 0.4) is 0 Å². The van der Waals surface area contributed by atoms with E-state index < -0.39 is 15.9 Å². The summed E-state index contributed by atoms with van der Waals surface area (Å²) in [5.41, 5.74) is 0.578. The molecule has 0 spiro atoms. The van der Waals surface area contributed by atoms with Crippen LogP contribution in [-0.2, 0) is 10.0 Å². The number of anilines is 1. The first kappa shape index (κ1) is 22.4. The number of rotatable bonds is 6. The third-order valence-electron chi connectivity index (χ3n) is 5.03. The number of methoxy groups -OCH3 is 2. The summed E-state index contributed by atoms with van der Waals surface area (Å²) >= 11 is 6.12. The Balaban J connectivity index is 1.90. The Labute approximate surface area is 182 Å². The van der Waals surface area contributed by atoms with Crippen LogP contribution in [0.2, 0.25) is 5.02 Å². The smallest absolute Gasteiger partial charge is 0.259 e. The second-order valence-corrected chi connectivity index (χ2v) is 9.33. The van der Waals surface area contributed by atoms with Crippen molar-refractivity contribution >= 4 is 33.2 Å². The van der Waals surface area contributed by atoms with Crippen molar-refractivity contribution in [1.29, 1.82) is 0 Å². The lowest BCUT2D eigenvalue weighted by molar-refractivity contribution is 0.102. The van der Waals surface area contributed by atoms with Crippen molar-refractivity contribution in [2.45, 2.75) is 30.6 Å². The highest BCUT2D eigenvalue weighted by molar-refractivity contribution is 7.89. The van der Waals surface area contributed by atoms with Gasteiger partial charge in [-0.25, -0.2) is 8.42 Å². The van der Waals surface area contributed by atoms with Crippen molar-refractivity contribution in [2.75, 3.05) is 32.6 Å². The predicted molar refractivity (Wildman–Crippen MR) is 116 cm³/mol. The molecule has 3 rings (SSSR count). The number of ether oxygens (including phenoxy) is 2. The number of sulfonamides is 1. The largest absolute Gasteiger partial charge is 0.496 e. The summed E-state index contributed by atoms with van der Waals surface area (Å²) in [7, 11) is -0.764. The lowest BCUT2D eigenvalue weighted by atomic mass is 10.2. The standard InChI is InChI=1S/C21H25ClN2O5S/c1-28-19-10-8-16(30(26,27)24-11-5-3-4-6-12-24)14-17(19)21(25)23-15-7-9-20(29-2)18(22)13-15/h7-10,13-14H,3-6,11-12H2,1-2H3,(H,23,25). The normalized spacial score (nSPS) is 15.3. The SMILES string of the molecule is COc1ccc(NC(=O)c2cc(S(=O)(=O)N3CCCCCC3)ccc2OC)cc1Cl. The molecule has 1 N–H and O–H groups in total. The van der Waals surface area contributed by atoms with E-state index >= 15 is 0 Å². The molecule has 162 valence electrons. The maximum atomic E-state index is 13.1. The number of amides is 1. The van der Waals surface area contributed by atoms with Gasteiger partial charge in [0.15, 0.2) is 0 Å². The zero-order valence-electron chi connectivity index (χ0n) is 17.0.